The number of amides is 1. The first-order chi connectivity index (χ1) is 21.2. The van der Waals surface area contributed by atoms with Gasteiger partial charge in [-0.25, -0.2) is 0 Å². The van der Waals surface area contributed by atoms with E-state index in [1.54, 1.807) is 0 Å². The maximum absolute atomic E-state index is 12.3. The van der Waals surface area contributed by atoms with Crippen LogP contribution in [-0.4, -0.2) is 43.0 Å². The zero-order valence-electron chi connectivity index (χ0n) is 24.2. The second-order valence-electron chi connectivity index (χ2n) is 10.7. The number of benzene rings is 4. The fourth-order valence-electron chi connectivity index (χ4n) is 5.25. The number of primary amides is 1. The molecule has 4 aromatic carbocycles. The van der Waals surface area contributed by atoms with E-state index in [0.29, 0.717) is 26.4 Å². The monoisotopic (exact) mass is 581 g/mol. The summed E-state index contributed by atoms with van der Waals surface area (Å²) in [6.45, 7) is 1.65. The van der Waals surface area contributed by atoms with Gasteiger partial charge < -0.3 is 29.4 Å². The van der Waals surface area contributed by atoms with Crippen molar-refractivity contribution in [2.75, 3.05) is 6.61 Å². The zero-order valence-corrected chi connectivity index (χ0v) is 24.2. The Hall–Kier alpha value is -3.85. The Morgan fingerprint density at radius 1 is 0.535 bits per heavy atom. The summed E-state index contributed by atoms with van der Waals surface area (Å²) < 4.78 is 32.5. The van der Waals surface area contributed by atoms with Gasteiger partial charge in [-0.15, -0.1) is 0 Å². The fraction of sp³-hybridized carbons (Fsp3) is 0.306. The highest BCUT2D eigenvalue weighted by atomic mass is 16.6. The maximum Gasteiger partial charge on any atom is 0.220 e. The Morgan fingerprint density at radius 3 is 1.33 bits per heavy atom. The minimum absolute atomic E-state index is 0.0226. The number of rotatable bonds is 15. The van der Waals surface area contributed by atoms with E-state index < -0.39 is 36.4 Å². The van der Waals surface area contributed by atoms with E-state index in [0.717, 1.165) is 22.3 Å². The lowest BCUT2D eigenvalue weighted by atomic mass is 9.92. The zero-order chi connectivity index (χ0) is 29.7. The van der Waals surface area contributed by atoms with Crippen LogP contribution in [0.3, 0.4) is 0 Å². The number of hydrogen-bond donors (Lipinski definition) is 1. The highest BCUT2D eigenvalue weighted by Crippen LogP contribution is 2.32. The predicted molar refractivity (Wildman–Crippen MR) is 164 cm³/mol. The highest BCUT2D eigenvalue weighted by Gasteiger charge is 2.48. The molecule has 1 saturated heterocycles. The van der Waals surface area contributed by atoms with Gasteiger partial charge in [0.05, 0.1) is 45.6 Å². The molecule has 3 unspecified atom stereocenters. The quantitative estimate of drug-likeness (QED) is 0.197. The summed E-state index contributed by atoms with van der Waals surface area (Å²) in [5, 5.41) is 0. The Balaban J connectivity index is 1.42. The molecule has 1 heterocycles. The molecule has 5 atom stereocenters. The average molecular weight is 582 g/mol. The van der Waals surface area contributed by atoms with Crippen LogP contribution in [0, 0.1) is 0 Å². The lowest BCUT2D eigenvalue weighted by Crippen LogP contribution is -2.61. The SMILES string of the molecule is NC(=O)C[C@H]1OC(COCc2ccccc2)[C@@H](OCc2ccccc2)C(OCc2ccccc2)C1OCc1ccccc1. The number of carbonyl (C=O) groups is 1. The first-order valence-electron chi connectivity index (χ1n) is 14.7. The van der Waals surface area contributed by atoms with E-state index in [-0.39, 0.29) is 13.0 Å². The lowest BCUT2D eigenvalue weighted by molar-refractivity contribution is -0.272. The molecule has 1 amide bonds. The molecule has 224 valence electrons. The van der Waals surface area contributed by atoms with E-state index in [1.165, 1.54) is 0 Å². The standard InChI is InChI=1S/C36H39NO6/c37-33(38)21-31-34(40-23-28-15-7-2-8-16-28)36(42-25-30-19-11-4-12-20-30)35(41-24-29-17-9-3-10-18-29)32(43-31)26-39-22-27-13-5-1-6-14-27/h1-20,31-32,34-36H,21-26H2,(H2,37,38)/t31-,32?,34?,35-,36?/m1/s1. The third kappa shape index (κ3) is 9.32. The largest absolute Gasteiger partial charge is 0.374 e. The van der Waals surface area contributed by atoms with Gasteiger partial charge in [0.15, 0.2) is 0 Å². The summed E-state index contributed by atoms with van der Waals surface area (Å²) in [6, 6.07) is 39.8. The van der Waals surface area contributed by atoms with Crippen molar-refractivity contribution in [2.24, 2.45) is 5.73 Å². The van der Waals surface area contributed by atoms with Gasteiger partial charge in [0.2, 0.25) is 5.91 Å². The Bertz CT molecular complexity index is 1360. The molecule has 0 spiro atoms. The maximum atomic E-state index is 12.3. The second kappa shape index (κ2) is 16.1. The van der Waals surface area contributed by atoms with E-state index in [2.05, 4.69) is 0 Å². The van der Waals surface area contributed by atoms with Crippen molar-refractivity contribution < 1.29 is 28.5 Å². The number of carbonyl (C=O) groups excluding carboxylic acids is 1. The van der Waals surface area contributed by atoms with Crippen LogP contribution in [0.4, 0.5) is 0 Å². The first kappa shape index (κ1) is 30.6. The van der Waals surface area contributed by atoms with Crippen LogP contribution in [0.5, 0.6) is 0 Å². The van der Waals surface area contributed by atoms with E-state index in [9.17, 15) is 4.79 Å². The summed E-state index contributed by atoms with van der Waals surface area (Å²) in [7, 11) is 0. The molecule has 7 nitrogen and oxygen atoms in total. The van der Waals surface area contributed by atoms with Gasteiger partial charge >= 0.3 is 0 Å². The van der Waals surface area contributed by atoms with Crippen molar-refractivity contribution in [1.29, 1.82) is 0 Å². The van der Waals surface area contributed by atoms with Crippen LogP contribution in [0.1, 0.15) is 28.7 Å². The summed E-state index contributed by atoms with van der Waals surface area (Å²) in [5.74, 6) is -0.479. The van der Waals surface area contributed by atoms with Gasteiger partial charge in [-0.05, 0) is 22.3 Å². The Kier molecular flexibility index (Phi) is 11.5. The molecule has 4 aromatic rings. The van der Waals surface area contributed by atoms with Gasteiger partial charge in [-0.2, -0.15) is 0 Å². The highest BCUT2D eigenvalue weighted by molar-refractivity contribution is 5.74. The summed E-state index contributed by atoms with van der Waals surface area (Å²) in [4.78, 5) is 12.3. The normalized spacial score (nSPS) is 21.8. The molecule has 2 N–H and O–H groups in total. The summed E-state index contributed by atoms with van der Waals surface area (Å²) in [6.07, 6.45) is -2.95. The van der Waals surface area contributed by atoms with Gasteiger partial charge in [0.1, 0.15) is 24.4 Å². The van der Waals surface area contributed by atoms with Crippen molar-refractivity contribution in [1.82, 2.24) is 0 Å². The van der Waals surface area contributed by atoms with Crippen LogP contribution >= 0.6 is 0 Å². The average Bonchev–Trinajstić information content (AvgIpc) is 3.04. The van der Waals surface area contributed by atoms with Crippen molar-refractivity contribution in [3.05, 3.63) is 144 Å². The minimum atomic E-state index is -0.649. The molecule has 7 heteroatoms. The van der Waals surface area contributed by atoms with E-state index >= 15 is 0 Å². The van der Waals surface area contributed by atoms with Gasteiger partial charge in [-0.3, -0.25) is 4.79 Å². The van der Waals surface area contributed by atoms with Crippen LogP contribution in [0.25, 0.3) is 0 Å². The number of ether oxygens (including phenoxy) is 5. The van der Waals surface area contributed by atoms with Crippen molar-refractivity contribution in [3.8, 4) is 0 Å². The number of nitrogens with two attached hydrogens (primary N) is 1. The van der Waals surface area contributed by atoms with Crippen LogP contribution in [0.2, 0.25) is 0 Å². The molecular formula is C36H39NO6. The fourth-order valence-corrected chi connectivity index (χ4v) is 5.25. The van der Waals surface area contributed by atoms with E-state index in [4.69, 9.17) is 29.4 Å². The van der Waals surface area contributed by atoms with Gasteiger partial charge in [0, 0.05) is 0 Å². The molecule has 5 rings (SSSR count). The topological polar surface area (TPSA) is 89.2 Å². The van der Waals surface area contributed by atoms with Crippen molar-refractivity contribution >= 4 is 5.91 Å². The van der Waals surface area contributed by atoms with Gasteiger partial charge in [0.25, 0.3) is 0 Å². The smallest absolute Gasteiger partial charge is 0.220 e. The molecular weight excluding hydrogens is 542 g/mol. The van der Waals surface area contributed by atoms with Crippen LogP contribution in [-0.2, 0) is 54.9 Å². The third-order valence-electron chi connectivity index (χ3n) is 7.38. The molecule has 1 aliphatic rings. The molecule has 0 radical (unpaired) electrons. The molecule has 0 saturated carbocycles. The first-order valence-corrected chi connectivity index (χ1v) is 14.7. The molecule has 0 aliphatic carbocycles. The van der Waals surface area contributed by atoms with Crippen molar-refractivity contribution in [3.63, 3.8) is 0 Å². The molecule has 1 fully saturated rings. The Morgan fingerprint density at radius 2 is 0.907 bits per heavy atom. The minimum Gasteiger partial charge on any atom is -0.374 e. The second-order valence-corrected chi connectivity index (χ2v) is 10.7. The predicted octanol–water partition coefficient (Wildman–Crippen LogP) is 5.60. The molecule has 1 aliphatic heterocycles. The van der Waals surface area contributed by atoms with Crippen LogP contribution in [0.15, 0.2) is 121 Å². The van der Waals surface area contributed by atoms with Crippen LogP contribution < -0.4 is 5.73 Å². The van der Waals surface area contributed by atoms with Gasteiger partial charge in [-0.1, -0.05) is 121 Å². The van der Waals surface area contributed by atoms with E-state index in [1.807, 2.05) is 121 Å². The lowest BCUT2D eigenvalue weighted by Gasteiger charge is -2.46. The number of hydrogen-bond acceptors (Lipinski definition) is 6. The molecule has 0 bridgehead atoms. The molecule has 43 heavy (non-hydrogen) atoms. The Labute approximate surface area is 253 Å². The summed E-state index contributed by atoms with van der Waals surface area (Å²) >= 11 is 0. The third-order valence-corrected chi connectivity index (χ3v) is 7.38. The van der Waals surface area contributed by atoms with Crippen molar-refractivity contribution in [2.45, 2.75) is 63.4 Å². The summed E-state index contributed by atoms with van der Waals surface area (Å²) in [5.41, 5.74) is 9.80. The molecule has 0 aromatic heterocycles.